The van der Waals surface area contributed by atoms with Gasteiger partial charge in [-0.3, -0.25) is 0 Å². The van der Waals surface area contributed by atoms with Gasteiger partial charge in [-0.25, -0.2) is 0 Å². The minimum absolute atomic E-state index is 0.0238. The molecule has 8 fully saturated rings. The van der Waals surface area contributed by atoms with Crippen molar-refractivity contribution in [3.63, 3.8) is 0 Å². The van der Waals surface area contributed by atoms with Gasteiger partial charge in [-0.05, 0) is 256 Å². The molecule has 1 aromatic heterocycles. The zero-order valence-electron chi connectivity index (χ0n) is 46.4. The van der Waals surface area contributed by atoms with E-state index in [0.717, 1.165) is 35.5 Å². The van der Waals surface area contributed by atoms with Crippen LogP contribution in [-0.2, 0) is 21.7 Å². The minimum atomic E-state index is -0.157. The summed E-state index contributed by atoms with van der Waals surface area (Å²) < 4.78 is 2.92. The molecule has 384 valence electrons. The van der Waals surface area contributed by atoms with Crippen LogP contribution >= 0.6 is 0 Å². The van der Waals surface area contributed by atoms with E-state index in [9.17, 15) is 0 Å². The third-order valence-corrected chi connectivity index (χ3v) is 23.0. The molecule has 9 aromatic rings. The lowest BCUT2D eigenvalue weighted by molar-refractivity contribution is -0.00527. The van der Waals surface area contributed by atoms with Crippen molar-refractivity contribution in [2.45, 2.75) is 133 Å². The van der Waals surface area contributed by atoms with Gasteiger partial charge in [0.1, 0.15) is 0 Å². The normalized spacial score (nSPS) is 27.9. The monoisotopic (exact) mass is 1010 g/mol. The van der Waals surface area contributed by atoms with Gasteiger partial charge >= 0.3 is 6.85 Å². The fourth-order valence-corrected chi connectivity index (χ4v) is 20.4. The van der Waals surface area contributed by atoms with Crippen molar-refractivity contribution >= 4 is 56.6 Å². The van der Waals surface area contributed by atoms with Crippen LogP contribution in [0.3, 0.4) is 0 Å². The first-order valence-electron chi connectivity index (χ1n) is 30.5. The lowest BCUT2D eigenvalue weighted by atomic mass is 9.44. The topological polar surface area (TPSA) is 8.17 Å². The molecule has 0 spiro atoms. The number of anilines is 3. The van der Waals surface area contributed by atoms with Crippen molar-refractivity contribution in [1.82, 2.24) is 4.48 Å². The molecule has 11 aliphatic rings. The summed E-state index contributed by atoms with van der Waals surface area (Å²) in [7, 11) is 0. The summed E-state index contributed by atoms with van der Waals surface area (Å²) >= 11 is 0. The van der Waals surface area contributed by atoms with Crippen LogP contribution in [0.1, 0.15) is 139 Å². The fourth-order valence-electron chi connectivity index (χ4n) is 20.4. The molecule has 3 heteroatoms. The van der Waals surface area contributed by atoms with Gasteiger partial charge in [-0.1, -0.05) is 138 Å². The van der Waals surface area contributed by atoms with E-state index in [1.54, 1.807) is 11.1 Å². The minimum Gasteiger partial charge on any atom is -0.375 e. The second-order valence-corrected chi connectivity index (χ2v) is 29.0. The van der Waals surface area contributed by atoms with E-state index in [1.807, 2.05) is 0 Å². The van der Waals surface area contributed by atoms with Crippen molar-refractivity contribution in [3.8, 4) is 44.5 Å². The molecule has 3 heterocycles. The maximum Gasteiger partial charge on any atom is 0.333 e. The van der Waals surface area contributed by atoms with Crippen molar-refractivity contribution in [2.24, 2.45) is 35.5 Å². The zero-order valence-corrected chi connectivity index (χ0v) is 46.4. The number of hydrogen-bond donors (Lipinski definition) is 0. The van der Waals surface area contributed by atoms with Gasteiger partial charge in [0.2, 0.25) is 0 Å². The Balaban J connectivity index is 0.979. The van der Waals surface area contributed by atoms with Crippen LogP contribution in [0.4, 0.5) is 17.1 Å². The largest absolute Gasteiger partial charge is 0.375 e. The molecular weight excluding hydrogens is 940 g/mol. The molecule has 2 nitrogen and oxygen atoms in total. The van der Waals surface area contributed by atoms with Crippen LogP contribution in [0, 0.1) is 35.5 Å². The van der Waals surface area contributed by atoms with Crippen LogP contribution in [0.2, 0.25) is 0 Å². The smallest absolute Gasteiger partial charge is 0.333 e. The highest BCUT2D eigenvalue weighted by Gasteiger charge is 2.54. The summed E-state index contributed by atoms with van der Waals surface area (Å²) in [6.45, 7) is 12.0. The molecule has 0 amide bonds. The molecule has 2 aliphatic heterocycles. The third kappa shape index (κ3) is 6.12. The number of nitrogens with zero attached hydrogens (tertiary/aromatic N) is 2. The molecule has 8 aromatic carbocycles. The van der Waals surface area contributed by atoms with Gasteiger partial charge < -0.3 is 9.38 Å². The molecular formula is C75H71BN2. The first-order chi connectivity index (χ1) is 37.9. The molecule has 78 heavy (non-hydrogen) atoms. The Morgan fingerprint density at radius 3 is 1.69 bits per heavy atom. The second kappa shape index (κ2) is 15.4. The van der Waals surface area contributed by atoms with Gasteiger partial charge in [0.05, 0.1) is 5.69 Å². The van der Waals surface area contributed by atoms with E-state index in [2.05, 4.69) is 202 Å². The van der Waals surface area contributed by atoms with Crippen molar-refractivity contribution in [1.29, 1.82) is 0 Å². The quantitative estimate of drug-likeness (QED) is 0.156. The third-order valence-electron chi connectivity index (χ3n) is 23.0. The highest BCUT2D eigenvalue weighted by molar-refractivity contribution is 6.90. The number of aromatic nitrogens is 1. The summed E-state index contributed by atoms with van der Waals surface area (Å²) in [6, 6.07) is 63.7. The summed E-state index contributed by atoms with van der Waals surface area (Å²) in [5, 5.41) is 3.02. The predicted octanol–water partition coefficient (Wildman–Crippen LogP) is 18.1. The molecule has 9 aliphatic carbocycles. The lowest BCUT2D eigenvalue weighted by Gasteiger charge is -2.57. The second-order valence-electron chi connectivity index (χ2n) is 29.0. The molecule has 0 radical (unpaired) electrons. The van der Waals surface area contributed by atoms with Crippen LogP contribution in [0.5, 0.6) is 0 Å². The van der Waals surface area contributed by atoms with Crippen molar-refractivity contribution < 1.29 is 0 Å². The molecule has 8 bridgehead atoms. The van der Waals surface area contributed by atoms with E-state index in [1.165, 1.54) is 188 Å². The van der Waals surface area contributed by atoms with Gasteiger partial charge in [-0.15, -0.1) is 0 Å². The Labute approximate surface area is 462 Å². The maximum absolute atomic E-state index is 2.92. The number of fused-ring (bicyclic) bond motifs is 10. The standard InChI is InChI=1S/C75H71BN2/c1-72(2,3)53-20-22-66(57(32-53)51-16-10-7-11-17-51)77-68-36-58-56-18-12-13-19-63(56)73(4,5)64(58)37-65(68)76-70-60(30-52(31-69(70)77)50-14-8-6-9-15-50)62-35-55(75-41-47-27-48(42-75)29-49(28-47)43-75)34-61-59-33-54(21-23-67(59)78(76)71(61)62)74-38-44-24-45(39-74)26-46(25-44)40-74/h6-23,30-37,44-49H,24-29,38-43H2,1-5H3. The van der Waals surface area contributed by atoms with E-state index in [-0.39, 0.29) is 23.1 Å². The van der Waals surface area contributed by atoms with Gasteiger partial charge in [0.25, 0.3) is 0 Å². The molecule has 0 unspecified atom stereocenters. The van der Waals surface area contributed by atoms with E-state index in [4.69, 9.17) is 0 Å². The van der Waals surface area contributed by atoms with Gasteiger partial charge in [-0.2, -0.15) is 0 Å². The summed E-state index contributed by atoms with van der Waals surface area (Å²) in [5.41, 5.74) is 28.2. The Bertz CT molecular complexity index is 4000. The highest BCUT2D eigenvalue weighted by atomic mass is 15.2. The number of rotatable bonds is 5. The van der Waals surface area contributed by atoms with Gasteiger partial charge in [0.15, 0.2) is 0 Å². The SMILES string of the molecule is CC(C)(C)c1ccc(N2c3cc4c(cc3B3c5c(cc(-c6ccccc6)cc52)-c2cc(C56CC7CC(CC(C7)C5)C6)cc5c6cc(C78CC9CC(CC(C9)C7)C8)ccc6n3c25)C(C)(C)c2ccccc2-4)c(-c2ccccc2)c1. The predicted molar refractivity (Wildman–Crippen MR) is 327 cm³/mol. The summed E-state index contributed by atoms with van der Waals surface area (Å²) in [6.07, 6.45) is 17.1. The van der Waals surface area contributed by atoms with Crippen molar-refractivity contribution in [3.05, 3.63) is 186 Å². The maximum atomic E-state index is 2.92. The molecule has 0 saturated heterocycles. The van der Waals surface area contributed by atoms with Crippen LogP contribution in [-0.4, -0.2) is 11.3 Å². The van der Waals surface area contributed by atoms with E-state index < -0.39 is 0 Å². The van der Waals surface area contributed by atoms with Crippen LogP contribution < -0.4 is 15.8 Å². The molecule has 0 N–H and O–H groups in total. The summed E-state index contributed by atoms with van der Waals surface area (Å²) in [5.74, 6) is 5.33. The first-order valence-corrected chi connectivity index (χ1v) is 30.5. The molecule has 8 saturated carbocycles. The highest BCUT2D eigenvalue weighted by Crippen LogP contribution is 2.64. The van der Waals surface area contributed by atoms with Crippen LogP contribution in [0.15, 0.2) is 158 Å². The van der Waals surface area contributed by atoms with Gasteiger partial charge in [0, 0.05) is 49.7 Å². The Hall–Kier alpha value is -6.58. The Kier molecular flexibility index (Phi) is 8.95. The zero-order chi connectivity index (χ0) is 51.8. The Morgan fingerprint density at radius 2 is 1.04 bits per heavy atom. The molecule has 0 atom stereocenters. The Morgan fingerprint density at radius 1 is 0.436 bits per heavy atom. The van der Waals surface area contributed by atoms with E-state index >= 15 is 0 Å². The molecule has 20 rings (SSSR count). The first kappa shape index (κ1) is 45.3. The average molecular weight is 1010 g/mol. The fraction of sp³-hybridized carbons (Fsp3) is 0.360. The average Bonchev–Trinajstić information content (AvgIpc) is 3.81. The van der Waals surface area contributed by atoms with Crippen LogP contribution in [0.25, 0.3) is 66.3 Å². The number of benzene rings is 8. The number of hydrogen-bond acceptors (Lipinski definition) is 1. The van der Waals surface area contributed by atoms with Crippen molar-refractivity contribution in [2.75, 3.05) is 4.90 Å². The van der Waals surface area contributed by atoms with E-state index in [0.29, 0.717) is 5.41 Å². The summed E-state index contributed by atoms with van der Waals surface area (Å²) in [4.78, 5) is 2.75. The lowest BCUT2D eigenvalue weighted by Crippen LogP contribution is -2.57.